The molecule has 0 spiro atoms. The largest absolute Gasteiger partial charge is 0.508 e. The number of carbonyl (C=O) groups is 9. The van der Waals surface area contributed by atoms with Crippen LogP contribution in [0, 0.1) is 5.92 Å². The number of fused-ring (bicyclic) bond motifs is 14. The first-order valence-electron chi connectivity index (χ1n) is 41.5. The Balaban J connectivity index is 1.04. The lowest BCUT2D eigenvalue weighted by Crippen LogP contribution is -2.66. The molecule has 0 saturated carbocycles. The molecule has 0 aliphatic carbocycles. The molecule has 38 nitrogen and oxygen atoms in total. The van der Waals surface area contributed by atoms with Crippen molar-refractivity contribution >= 4 is 76.4 Å². The lowest BCUT2D eigenvalue weighted by molar-refractivity contribution is -0.277. The highest BCUT2D eigenvalue weighted by atomic mass is 35.5. The molecule has 8 amide bonds. The predicted molar refractivity (Wildman–Crippen MR) is 452 cm³/mol. The van der Waals surface area contributed by atoms with Crippen molar-refractivity contribution in [3.8, 4) is 80.1 Å². The number of aromatic hydroxyl groups is 4. The molecule has 1 unspecified atom stereocenters. The zero-order chi connectivity index (χ0) is 92.0. The molecule has 8 aliphatic rings. The number of hydrogen-bond donors (Lipinski definition) is 21. The first-order chi connectivity index (χ1) is 61.1. The van der Waals surface area contributed by atoms with Gasteiger partial charge in [-0.25, -0.2) is 4.79 Å². The molecule has 2 fully saturated rings. The maximum Gasteiger partial charge on any atom is 0.335 e. The molecule has 15 rings (SSSR count). The van der Waals surface area contributed by atoms with Crippen molar-refractivity contribution in [1.29, 1.82) is 0 Å². The number of rotatable bonds is 22. The standard InChI is InChI=1S/C88H100Cl2N10O28/c1-38(2)13-10-8-6-7-9-11-14-61(106)94-70-73(109)75(111)78(86(120)121)128-87(70)127-77-58-31-43-32-59(77)124-55-24-19-42(29-50(55)89)71(107)69-85(119)98-67(80(114)92-25-12-26-100(4)5)48-33-44(102)34-57(125-88-76(112)74(110)72(108)60(37-101)126-88)62(48)47-28-40(17-22-52(47)103)65(82(116)99-69)95-83(117)66(43)96-84(118)68-49-35-46(36-54(105)63(49)90)123-56-30-41(18-23-53(56)104)64(91-3)81(115)93-51(79(113)97-68)27-39-15-20-45(122-58)21-16-39/h15-24,28-36,38,51,60,64-76,78,87-88,91,101-105,107-112H,6-14,25-27,37H2,1-5H3,(H,92,114)(H,93,115)(H,94,106)(H,95,117)(H,96,118)(H,97,113)(H,98,119)(H,99,116)(H,120,121)/t51?,60-,64-,65-,66-,67+,68+,69+,70-,71-,72-,73-,74+,75+,76+,78-,87-,88+/m1/s1. The van der Waals surface area contributed by atoms with E-state index < -0.39 is 271 Å². The molecule has 18 atom stereocenters. The number of carboxylic acids is 1. The highest BCUT2D eigenvalue weighted by Crippen LogP contribution is 2.51. The molecule has 40 heteroatoms. The number of benzene rings is 7. The summed E-state index contributed by atoms with van der Waals surface area (Å²) in [6.45, 7) is 3.61. The molecular weight excluding hydrogens is 1720 g/mol. The number of nitrogens with one attached hydrogen (secondary N) is 9. The average Bonchev–Trinajstić information content (AvgIpc) is 0.755. The topological polar surface area (TPSA) is 573 Å². The number of likely N-dealkylation sites (N-methyl/N-ethyl adjacent to an activating group) is 1. The monoisotopic (exact) mass is 1810 g/mol. The van der Waals surface area contributed by atoms with Crippen LogP contribution in [-0.2, 0) is 59.0 Å². The van der Waals surface area contributed by atoms with E-state index in [0.717, 1.165) is 105 Å². The molecule has 7 aromatic carbocycles. The fourth-order valence-electron chi connectivity index (χ4n) is 15.9. The number of halogens is 2. The Morgan fingerprint density at radius 3 is 1.91 bits per heavy atom. The Kier molecular flexibility index (Phi) is 29.7. The first-order valence-corrected chi connectivity index (χ1v) is 42.3. The van der Waals surface area contributed by atoms with Gasteiger partial charge in [0.1, 0.15) is 131 Å². The van der Waals surface area contributed by atoms with Gasteiger partial charge in [-0.3, -0.25) is 38.4 Å². The highest BCUT2D eigenvalue weighted by Gasteiger charge is 2.52. The fourth-order valence-corrected chi connectivity index (χ4v) is 16.4. The maximum absolute atomic E-state index is 16.8. The van der Waals surface area contributed by atoms with Crippen LogP contribution in [0.5, 0.6) is 69.0 Å². The van der Waals surface area contributed by atoms with Gasteiger partial charge in [0.25, 0.3) is 0 Å². The van der Waals surface area contributed by atoms with E-state index in [1.54, 1.807) is 19.0 Å². The number of carboxylic acid groups (broad SMARTS) is 1. The summed E-state index contributed by atoms with van der Waals surface area (Å²) < 4.78 is 44.5. The van der Waals surface area contributed by atoms with E-state index >= 15 is 28.8 Å². The second-order valence-electron chi connectivity index (χ2n) is 32.7. The number of aliphatic carboxylic acids is 1. The molecule has 8 heterocycles. The van der Waals surface area contributed by atoms with Crippen molar-refractivity contribution in [2.75, 3.05) is 40.8 Å². The molecule has 21 N–H and O–H groups in total. The van der Waals surface area contributed by atoms with Crippen LogP contribution in [0.1, 0.15) is 147 Å². The van der Waals surface area contributed by atoms with Crippen molar-refractivity contribution < 1.29 is 138 Å². The Morgan fingerprint density at radius 1 is 0.562 bits per heavy atom. The SMILES string of the molecule is CN[C@H]1C(=O)NC2Cc3ccc(cc3)Oc3cc4cc(c3O[C@@H]3O[C@@H](C(=O)O)[C@@H](O)[C@H](O)[C@H]3NC(=O)CCCCCCCCC(C)C)Oc3ccc(cc3Cl)[C@@H](O)[C@@H]3NC(=O)[C@H](NC(=O)[C@@H]4NC(=O)[C@@H](NC2=O)c2cc(cc(O)c2Cl)Oc2cc1ccc2O)c1ccc(O)c(c1)-c1c(O[C@H]2O[C@H](CO)[C@@H](O)[C@H](O)[C@@H]2O)cc(O)cc1[C@@H](C(=O)NCCCN(C)C)NC3=O. The first kappa shape index (κ1) is 93.7. The lowest BCUT2D eigenvalue weighted by atomic mass is 9.89. The van der Waals surface area contributed by atoms with Crippen LogP contribution < -0.4 is 71.5 Å². The summed E-state index contributed by atoms with van der Waals surface area (Å²) in [6.07, 6.45) is -15.8. The third-order valence-corrected chi connectivity index (χ3v) is 23.4. The summed E-state index contributed by atoms with van der Waals surface area (Å²) in [4.78, 5) is 140. The van der Waals surface area contributed by atoms with Gasteiger partial charge < -0.3 is 147 Å². The quantitative estimate of drug-likeness (QED) is 0.0423. The van der Waals surface area contributed by atoms with Crippen LogP contribution >= 0.6 is 23.2 Å². The van der Waals surface area contributed by atoms with Crippen molar-refractivity contribution in [3.63, 3.8) is 0 Å². The zero-order valence-electron chi connectivity index (χ0n) is 69.7. The lowest BCUT2D eigenvalue weighted by Gasteiger charge is -2.41. The summed E-state index contributed by atoms with van der Waals surface area (Å²) in [7, 11) is 4.95. The Morgan fingerprint density at radius 2 is 1.21 bits per heavy atom. The molecule has 8 aliphatic heterocycles. The third-order valence-electron chi connectivity index (χ3n) is 22.7. The number of aliphatic hydroxyl groups excluding tert-OH is 7. The van der Waals surface area contributed by atoms with Crippen LogP contribution in [0.15, 0.2) is 115 Å². The zero-order valence-corrected chi connectivity index (χ0v) is 71.2. The molecule has 0 radical (unpaired) electrons. The van der Waals surface area contributed by atoms with E-state index in [9.17, 15) is 75.7 Å². The number of unbranched alkanes of at least 4 members (excludes halogenated alkanes) is 5. The molecular formula is C88H100Cl2N10O28. The van der Waals surface area contributed by atoms with Crippen molar-refractivity contribution in [2.24, 2.45) is 5.92 Å². The minimum absolute atomic E-state index is 0.0943. The van der Waals surface area contributed by atoms with Crippen LogP contribution in [0.4, 0.5) is 0 Å². The van der Waals surface area contributed by atoms with E-state index in [1.165, 1.54) is 49.5 Å². The molecule has 128 heavy (non-hydrogen) atoms. The Hall–Kier alpha value is -11.9. The van der Waals surface area contributed by atoms with Crippen LogP contribution in [0.25, 0.3) is 11.1 Å². The molecule has 684 valence electrons. The smallest absolute Gasteiger partial charge is 0.335 e. The van der Waals surface area contributed by atoms with Crippen molar-refractivity contribution in [2.45, 2.75) is 188 Å². The van der Waals surface area contributed by atoms with Gasteiger partial charge in [-0.1, -0.05) is 106 Å². The number of phenols is 4. The second kappa shape index (κ2) is 40.6. The number of phenolic OH excluding ortho intramolecular Hbond substituents is 4. The van der Waals surface area contributed by atoms with Gasteiger partial charge in [-0.05, 0) is 153 Å². The summed E-state index contributed by atoms with van der Waals surface area (Å²) >= 11 is 14.3. The van der Waals surface area contributed by atoms with Gasteiger partial charge in [0, 0.05) is 48.2 Å². The highest BCUT2D eigenvalue weighted by molar-refractivity contribution is 6.33. The van der Waals surface area contributed by atoms with E-state index in [0.29, 0.717) is 30.9 Å². The van der Waals surface area contributed by atoms with E-state index in [1.807, 2.05) is 0 Å². The molecule has 17 bridgehead atoms. The van der Waals surface area contributed by atoms with Gasteiger partial charge in [0.05, 0.1) is 16.7 Å². The Labute approximate surface area is 742 Å². The summed E-state index contributed by atoms with van der Waals surface area (Å²) in [6, 6.07) is 5.68. The van der Waals surface area contributed by atoms with Gasteiger partial charge >= 0.3 is 5.97 Å². The summed E-state index contributed by atoms with van der Waals surface area (Å²) in [5, 5.41) is 161. The predicted octanol–water partition coefficient (Wildman–Crippen LogP) is 4.17. The minimum atomic E-state index is -2.45. The second-order valence-corrected chi connectivity index (χ2v) is 33.5. The van der Waals surface area contributed by atoms with E-state index in [2.05, 4.69) is 61.7 Å². The van der Waals surface area contributed by atoms with Gasteiger partial charge in [-0.15, -0.1) is 0 Å². The average molecular weight is 1820 g/mol. The van der Waals surface area contributed by atoms with Gasteiger partial charge in [-0.2, -0.15) is 0 Å². The molecule has 7 aromatic rings. The summed E-state index contributed by atoms with van der Waals surface area (Å²) in [5.74, 6) is -17.5. The number of ether oxygens (including phenoxy) is 7. The molecule has 0 aromatic heterocycles. The number of carbonyl (C=O) groups excluding carboxylic acids is 8. The van der Waals surface area contributed by atoms with E-state index in [-0.39, 0.29) is 47.8 Å². The summed E-state index contributed by atoms with van der Waals surface area (Å²) in [5.41, 5.74) is -2.68. The van der Waals surface area contributed by atoms with E-state index in [4.69, 9.17) is 56.4 Å². The Bertz CT molecular complexity index is 5340. The van der Waals surface area contributed by atoms with Crippen molar-refractivity contribution in [1.82, 2.24) is 52.8 Å². The number of nitrogens with zero attached hydrogens (tertiary/aromatic N) is 1. The van der Waals surface area contributed by atoms with Crippen LogP contribution in [0.3, 0.4) is 0 Å². The number of hydrogen-bond acceptors (Lipinski definition) is 29. The third kappa shape index (κ3) is 21.1. The van der Waals surface area contributed by atoms with Gasteiger partial charge in [0.2, 0.25) is 65.6 Å². The number of aliphatic hydroxyl groups is 7. The number of amides is 8. The minimum Gasteiger partial charge on any atom is -0.508 e. The molecule has 2 saturated heterocycles. The normalized spacial score (nSPS) is 25.8. The fraction of sp³-hybridized carbons (Fsp3) is 0.420. The van der Waals surface area contributed by atoms with Crippen molar-refractivity contribution in [3.05, 3.63) is 164 Å². The van der Waals surface area contributed by atoms with Crippen LogP contribution in [-0.4, -0.2) is 234 Å². The maximum atomic E-state index is 16.8. The van der Waals surface area contributed by atoms with Gasteiger partial charge in [0.15, 0.2) is 29.1 Å². The van der Waals surface area contributed by atoms with Crippen LogP contribution in [0.2, 0.25) is 10.0 Å².